The molecule has 1 aliphatic heterocycles. The van der Waals surface area contributed by atoms with Crippen molar-refractivity contribution in [3.05, 3.63) is 64.6 Å². The van der Waals surface area contributed by atoms with E-state index in [9.17, 15) is 13.6 Å². The molecule has 1 aromatic carbocycles. The molecule has 0 aliphatic carbocycles. The maximum atomic E-state index is 13.0. The number of rotatable bonds is 6. The van der Waals surface area contributed by atoms with Crippen molar-refractivity contribution in [2.24, 2.45) is 5.73 Å². The second kappa shape index (κ2) is 9.14. The average molecular weight is 428 g/mol. The lowest BCUT2D eigenvalue weighted by atomic mass is 10.1. The largest absolute Gasteiger partial charge is 0.369 e. The van der Waals surface area contributed by atoms with Gasteiger partial charge in [-0.1, -0.05) is 12.1 Å². The van der Waals surface area contributed by atoms with E-state index >= 15 is 0 Å². The predicted octanol–water partition coefficient (Wildman–Crippen LogP) is 1.08. The number of benzene rings is 1. The molecule has 0 radical (unpaired) electrons. The molecule has 0 spiro atoms. The highest BCUT2D eigenvalue weighted by Crippen LogP contribution is 2.22. The second-order valence-electron chi connectivity index (χ2n) is 7.07. The minimum Gasteiger partial charge on any atom is -0.369 e. The van der Waals surface area contributed by atoms with E-state index in [0.29, 0.717) is 5.69 Å². The minimum absolute atomic E-state index is 0.0840. The van der Waals surface area contributed by atoms with Gasteiger partial charge in [0, 0.05) is 56.0 Å². The van der Waals surface area contributed by atoms with Gasteiger partial charge in [-0.25, -0.2) is 19.4 Å². The molecule has 0 amide bonds. The lowest BCUT2D eigenvalue weighted by Gasteiger charge is -2.29. The van der Waals surface area contributed by atoms with Gasteiger partial charge < -0.3 is 16.0 Å². The summed E-state index contributed by atoms with van der Waals surface area (Å²) in [6.07, 6.45) is 0.801. The molecule has 31 heavy (non-hydrogen) atoms. The molecule has 2 aromatic heterocycles. The molecular weight excluding hydrogens is 406 g/mol. The number of nitrogens with one attached hydrogen (secondary N) is 2. The molecule has 11 heteroatoms. The summed E-state index contributed by atoms with van der Waals surface area (Å²) in [5, 5.41) is 9.41. The Morgan fingerprint density at radius 2 is 1.84 bits per heavy atom. The zero-order valence-corrected chi connectivity index (χ0v) is 16.7. The van der Waals surface area contributed by atoms with Crippen LogP contribution >= 0.6 is 0 Å². The van der Waals surface area contributed by atoms with Crippen molar-refractivity contribution < 1.29 is 8.78 Å². The van der Waals surface area contributed by atoms with E-state index in [2.05, 4.69) is 30.4 Å². The fourth-order valence-corrected chi connectivity index (χ4v) is 3.44. The van der Waals surface area contributed by atoms with Crippen molar-refractivity contribution in [2.45, 2.75) is 6.42 Å². The van der Waals surface area contributed by atoms with E-state index in [1.807, 2.05) is 24.3 Å². The number of nitrogens with two attached hydrogens (primary N) is 1. The molecule has 0 unspecified atom stereocenters. The lowest BCUT2D eigenvalue weighted by molar-refractivity contribution is 0.407. The van der Waals surface area contributed by atoms with Gasteiger partial charge in [0.05, 0.1) is 18.1 Å². The molecule has 1 fully saturated rings. The summed E-state index contributed by atoms with van der Waals surface area (Å²) < 4.78 is 27.0. The van der Waals surface area contributed by atoms with Gasteiger partial charge in [-0.2, -0.15) is 13.9 Å². The smallest absolute Gasteiger partial charge is 0.349 e. The third kappa shape index (κ3) is 4.52. The Labute approximate surface area is 176 Å². The first-order valence-electron chi connectivity index (χ1n) is 9.84. The number of piperazine rings is 1. The van der Waals surface area contributed by atoms with Crippen LogP contribution in [0.25, 0.3) is 17.1 Å². The Kier molecular flexibility index (Phi) is 6.14. The highest BCUT2D eigenvalue weighted by atomic mass is 19.3. The standard InChI is InChI=1S/C20H22F2N8O/c21-19(22)14(10-23)9-17-27-28-20(31)30(17)18-12-25-16(11-26-18)13-1-3-15(4-2-13)29-7-5-24-6-8-29/h1-4,11-12,24H,5-10,23H2,(H,28,31). The summed E-state index contributed by atoms with van der Waals surface area (Å²) in [5.41, 5.74) is 7.13. The van der Waals surface area contributed by atoms with Crippen LogP contribution in [0.1, 0.15) is 5.82 Å². The van der Waals surface area contributed by atoms with Crippen LogP contribution in [-0.2, 0) is 6.42 Å². The quantitative estimate of drug-likeness (QED) is 0.538. The van der Waals surface area contributed by atoms with Crippen LogP contribution in [0.4, 0.5) is 14.5 Å². The van der Waals surface area contributed by atoms with E-state index in [1.54, 1.807) is 0 Å². The maximum Gasteiger partial charge on any atom is 0.349 e. The van der Waals surface area contributed by atoms with Gasteiger partial charge in [0.15, 0.2) is 5.82 Å². The van der Waals surface area contributed by atoms with E-state index < -0.39 is 11.8 Å². The Morgan fingerprint density at radius 1 is 1.10 bits per heavy atom. The normalized spacial score (nSPS) is 14.0. The highest BCUT2D eigenvalue weighted by molar-refractivity contribution is 5.62. The van der Waals surface area contributed by atoms with Crippen LogP contribution in [0.5, 0.6) is 0 Å². The van der Waals surface area contributed by atoms with Crippen LogP contribution in [0, 0.1) is 0 Å². The summed E-state index contributed by atoms with van der Waals surface area (Å²) in [6.45, 7) is 3.51. The molecule has 9 nitrogen and oxygen atoms in total. The van der Waals surface area contributed by atoms with Gasteiger partial charge in [0.1, 0.15) is 5.82 Å². The van der Waals surface area contributed by atoms with Gasteiger partial charge in [-0.3, -0.25) is 4.98 Å². The number of H-pyrrole nitrogens is 1. The van der Waals surface area contributed by atoms with Gasteiger partial charge >= 0.3 is 5.69 Å². The van der Waals surface area contributed by atoms with Crippen LogP contribution in [0.3, 0.4) is 0 Å². The average Bonchev–Trinajstić information content (AvgIpc) is 3.18. The Hall–Kier alpha value is -3.44. The van der Waals surface area contributed by atoms with Gasteiger partial charge in [-0.05, 0) is 12.1 Å². The molecule has 3 heterocycles. The van der Waals surface area contributed by atoms with Crippen LogP contribution in [-0.4, -0.2) is 57.5 Å². The monoisotopic (exact) mass is 428 g/mol. The summed E-state index contributed by atoms with van der Waals surface area (Å²) >= 11 is 0. The first-order chi connectivity index (χ1) is 15.1. The number of aromatic amines is 1. The van der Waals surface area contributed by atoms with Gasteiger partial charge in [0.2, 0.25) is 0 Å². The Bertz CT molecular complexity index is 1110. The number of hydrogen-bond acceptors (Lipinski definition) is 7. The molecule has 0 atom stereocenters. The molecule has 162 valence electrons. The molecule has 1 saturated heterocycles. The Balaban J connectivity index is 1.56. The van der Waals surface area contributed by atoms with Gasteiger partial charge in [0.25, 0.3) is 6.08 Å². The van der Waals surface area contributed by atoms with Crippen molar-refractivity contribution in [1.29, 1.82) is 0 Å². The zero-order valence-electron chi connectivity index (χ0n) is 16.7. The highest BCUT2D eigenvalue weighted by Gasteiger charge is 2.16. The van der Waals surface area contributed by atoms with Crippen molar-refractivity contribution in [2.75, 3.05) is 37.6 Å². The topological polar surface area (TPSA) is 118 Å². The predicted molar refractivity (Wildman–Crippen MR) is 112 cm³/mol. The first-order valence-corrected chi connectivity index (χ1v) is 9.84. The minimum atomic E-state index is -1.88. The first kappa shape index (κ1) is 20.8. The summed E-state index contributed by atoms with van der Waals surface area (Å²) in [4.78, 5) is 23.2. The lowest BCUT2D eigenvalue weighted by Crippen LogP contribution is -2.43. The molecule has 4 rings (SSSR count). The van der Waals surface area contributed by atoms with E-state index in [0.717, 1.165) is 42.0 Å². The molecule has 0 bridgehead atoms. The third-order valence-electron chi connectivity index (χ3n) is 5.14. The fourth-order valence-electron chi connectivity index (χ4n) is 3.44. The van der Waals surface area contributed by atoms with E-state index in [1.165, 1.54) is 12.4 Å². The SMILES string of the molecule is NCC(Cc1n[nH]c(=O)n1-c1cnc(-c2ccc(N3CCNCC3)cc2)cn1)=C(F)F. The summed E-state index contributed by atoms with van der Waals surface area (Å²) in [5.74, 6) is 0.270. The van der Waals surface area contributed by atoms with E-state index in [4.69, 9.17) is 5.73 Å². The van der Waals surface area contributed by atoms with Crippen molar-refractivity contribution in [3.8, 4) is 17.1 Å². The van der Waals surface area contributed by atoms with Crippen LogP contribution in [0.15, 0.2) is 53.1 Å². The van der Waals surface area contributed by atoms with E-state index in [-0.39, 0.29) is 30.2 Å². The molecule has 4 N–H and O–H groups in total. The number of nitrogens with zero attached hydrogens (tertiary/aromatic N) is 5. The number of anilines is 1. The molecule has 0 saturated carbocycles. The summed E-state index contributed by atoms with van der Waals surface area (Å²) in [6, 6.07) is 8.03. The third-order valence-corrected chi connectivity index (χ3v) is 5.14. The Morgan fingerprint density at radius 3 is 2.45 bits per heavy atom. The van der Waals surface area contributed by atoms with Gasteiger partial charge in [-0.15, -0.1) is 0 Å². The van der Waals surface area contributed by atoms with Crippen molar-refractivity contribution >= 4 is 5.69 Å². The summed E-state index contributed by atoms with van der Waals surface area (Å²) in [7, 11) is 0. The van der Waals surface area contributed by atoms with Crippen molar-refractivity contribution in [3.63, 3.8) is 0 Å². The fraction of sp³-hybridized carbons (Fsp3) is 0.300. The number of halogens is 2. The van der Waals surface area contributed by atoms with Crippen LogP contribution in [0.2, 0.25) is 0 Å². The van der Waals surface area contributed by atoms with Crippen LogP contribution < -0.4 is 21.6 Å². The molecule has 3 aromatic rings. The number of aromatic nitrogens is 5. The van der Waals surface area contributed by atoms with Crippen molar-refractivity contribution in [1.82, 2.24) is 30.0 Å². The zero-order chi connectivity index (χ0) is 21.8. The second-order valence-corrected chi connectivity index (χ2v) is 7.07. The maximum absolute atomic E-state index is 13.0. The number of hydrogen-bond donors (Lipinski definition) is 3. The molecule has 1 aliphatic rings. The molecular formula is C20H22F2N8O.